The van der Waals surface area contributed by atoms with E-state index < -0.39 is 17.7 Å². The molecule has 0 atom stereocenters. The Kier molecular flexibility index (Phi) is 5.59. The van der Waals surface area contributed by atoms with Crippen LogP contribution < -0.4 is 10.6 Å². The van der Waals surface area contributed by atoms with E-state index in [-0.39, 0.29) is 11.5 Å². The summed E-state index contributed by atoms with van der Waals surface area (Å²) in [6, 6.07) is 13.1. The highest BCUT2D eigenvalue weighted by atomic mass is 19.4. The molecule has 0 unspecified atom stereocenters. The van der Waals surface area contributed by atoms with Crippen molar-refractivity contribution in [3.05, 3.63) is 66.2 Å². The quantitative estimate of drug-likeness (QED) is 0.813. The lowest BCUT2D eigenvalue weighted by Crippen LogP contribution is -2.16. The van der Waals surface area contributed by atoms with E-state index in [2.05, 4.69) is 10.6 Å². The van der Waals surface area contributed by atoms with Crippen molar-refractivity contribution in [1.29, 1.82) is 0 Å². The molecule has 0 radical (unpaired) electrons. The second-order valence-electron chi connectivity index (χ2n) is 5.17. The lowest BCUT2D eigenvalue weighted by molar-refractivity contribution is -0.114. The highest BCUT2D eigenvalue weighted by molar-refractivity contribution is 6.04. The maximum Gasteiger partial charge on any atom is 0.417 e. The van der Waals surface area contributed by atoms with Gasteiger partial charge in [0.25, 0.3) is 0 Å². The van der Waals surface area contributed by atoms with Crippen LogP contribution in [0.5, 0.6) is 0 Å². The number of alkyl halides is 3. The fourth-order valence-corrected chi connectivity index (χ4v) is 2.10. The fraction of sp³-hybridized carbons (Fsp3) is 0.111. The zero-order valence-corrected chi connectivity index (χ0v) is 13.2. The van der Waals surface area contributed by atoms with E-state index in [0.29, 0.717) is 17.5 Å². The molecule has 7 heteroatoms. The molecule has 0 aliphatic carbocycles. The van der Waals surface area contributed by atoms with Gasteiger partial charge in [-0.15, -0.1) is 0 Å². The Balaban J connectivity index is 2.18. The monoisotopic (exact) mass is 348 g/mol. The zero-order chi connectivity index (χ0) is 18.4. The van der Waals surface area contributed by atoms with E-state index in [1.165, 1.54) is 55.5 Å². The van der Waals surface area contributed by atoms with Crippen LogP contribution in [-0.4, -0.2) is 18.0 Å². The fourth-order valence-electron chi connectivity index (χ4n) is 2.10. The first kappa shape index (κ1) is 18.3. The minimum Gasteiger partial charge on any atom is -0.326 e. The summed E-state index contributed by atoms with van der Waals surface area (Å²) in [5, 5.41) is 4.91. The summed E-state index contributed by atoms with van der Waals surface area (Å²) in [4.78, 5) is 22.9. The van der Waals surface area contributed by atoms with E-state index in [0.717, 1.165) is 0 Å². The smallest absolute Gasteiger partial charge is 0.326 e. The molecule has 4 nitrogen and oxygen atoms in total. The first-order chi connectivity index (χ1) is 11.8. The van der Waals surface area contributed by atoms with Crippen LogP contribution in [0.3, 0.4) is 0 Å². The number of carbonyl (C=O) groups is 2. The normalized spacial score (nSPS) is 11.8. The maximum absolute atomic E-state index is 13.2. The van der Waals surface area contributed by atoms with E-state index in [1.54, 1.807) is 6.07 Å². The minimum absolute atomic E-state index is 0.0915. The Hall–Kier alpha value is -3.09. The summed E-state index contributed by atoms with van der Waals surface area (Å²) in [5.74, 6) is -1.15. The number of nitrogens with one attached hydrogen (secondary N) is 2. The largest absolute Gasteiger partial charge is 0.417 e. The van der Waals surface area contributed by atoms with Crippen molar-refractivity contribution >= 4 is 28.8 Å². The van der Waals surface area contributed by atoms with Crippen molar-refractivity contribution < 1.29 is 22.8 Å². The summed E-state index contributed by atoms with van der Waals surface area (Å²) in [7, 11) is 0. The Labute approximate surface area is 142 Å². The van der Waals surface area contributed by atoms with Gasteiger partial charge in [0.05, 0.1) is 5.57 Å². The Morgan fingerprint density at radius 3 is 1.88 bits per heavy atom. The Morgan fingerprint density at radius 2 is 1.40 bits per heavy atom. The molecule has 0 aliphatic heterocycles. The van der Waals surface area contributed by atoms with Gasteiger partial charge in [0.15, 0.2) is 0 Å². The Morgan fingerprint density at radius 1 is 0.880 bits per heavy atom. The van der Waals surface area contributed by atoms with Gasteiger partial charge in [-0.2, -0.15) is 13.2 Å². The lowest BCUT2D eigenvalue weighted by atomic mass is 10.1. The molecule has 0 saturated heterocycles. The molecule has 0 spiro atoms. The van der Waals surface area contributed by atoms with Crippen molar-refractivity contribution in [3.63, 3.8) is 0 Å². The number of carbonyl (C=O) groups excluding carboxylic acids is 2. The number of allylic oxidation sites excluding steroid dienone is 1. The second-order valence-corrected chi connectivity index (χ2v) is 5.17. The minimum atomic E-state index is -4.66. The molecule has 0 saturated carbocycles. The number of amides is 2. The molecular formula is C18H15F3N2O2. The topological polar surface area (TPSA) is 58.2 Å². The van der Waals surface area contributed by atoms with Gasteiger partial charge in [0.1, 0.15) is 0 Å². The molecule has 0 heterocycles. The first-order valence-electron chi connectivity index (χ1n) is 7.28. The number of anilines is 2. The van der Waals surface area contributed by atoms with Crippen LogP contribution in [0.15, 0.2) is 60.7 Å². The van der Waals surface area contributed by atoms with Crippen LogP contribution >= 0.6 is 0 Å². The summed E-state index contributed by atoms with van der Waals surface area (Å²) in [6.07, 6.45) is -4.13. The molecule has 2 aromatic rings. The van der Waals surface area contributed by atoms with Crippen molar-refractivity contribution in [3.8, 4) is 0 Å². The van der Waals surface area contributed by atoms with Gasteiger partial charge in [0.2, 0.25) is 11.8 Å². The molecule has 0 bridgehead atoms. The van der Waals surface area contributed by atoms with Gasteiger partial charge >= 0.3 is 6.18 Å². The predicted molar refractivity (Wildman–Crippen MR) is 89.8 cm³/mol. The number of halogens is 3. The van der Waals surface area contributed by atoms with E-state index >= 15 is 0 Å². The molecule has 2 rings (SSSR count). The molecule has 0 fully saturated rings. The van der Waals surface area contributed by atoms with Crippen LogP contribution in [0.25, 0.3) is 5.57 Å². The predicted octanol–water partition coefficient (Wildman–Crippen LogP) is 4.23. The number of rotatable bonds is 4. The van der Waals surface area contributed by atoms with E-state index in [4.69, 9.17) is 0 Å². The summed E-state index contributed by atoms with van der Waals surface area (Å²) < 4.78 is 39.6. The molecule has 0 aromatic heterocycles. The van der Waals surface area contributed by atoms with Crippen molar-refractivity contribution in [1.82, 2.24) is 0 Å². The molecule has 0 aliphatic rings. The third-order valence-electron chi connectivity index (χ3n) is 3.14. The summed E-state index contributed by atoms with van der Waals surface area (Å²) in [5.41, 5.74) is -0.294. The molecule has 2 N–H and O–H groups in total. The number of benzene rings is 2. The standard InChI is InChI=1S/C18H15F3N2O2/c1-12(24)22-14-7-9-15(10-8-14)23-17(25)11-16(18(19,20)21)13-5-3-2-4-6-13/h2-11H,1H3,(H,22,24)(H,23,25). The third kappa shape index (κ3) is 5.49. The second kappa shape index (κ2) is 7.65. The number of hydrogen-bond donors (Lipinski definition) is 2. The maximum atomic E-state index is 13.2. The van der Waals surface area contributed by atoms with Gasteiger partial charge in [-0.3, -0.25) is 9.59 Å². The molecule has 2 amide bonds. The Bertz CT molecular complexity index is 782. The van der Waals surface area contributed by atoms with E-state index in [9.17, 15) is 22.8 Å². The summed E-state index contributed by atoms with van der Waals surface area (Å²) >= 11 is 0. The third-order valence-corrected chi connectivity index (χ3v) is 3.14. The first-order valence-corrected chi connectivity index (χ1v) is 7.28. The zero-order valence-electron chi connectivity index (χ0n) is 13.2. The number of hydrogen-bond acceptors (Lipinski definition) is 2. The van der Waals surface area contributed by atoms with Crippen molar-refractivity contribution in [2.75, 3.05) is 10.6 Å². The van der Waals surface area contributed by atoms with E-state index in [1.807, 2.05) is 0 Å². The van der Waals surface area contributed by atoms with Gasteiger partial charge in [-0.1, -0.05) is 30.3 Å². The molecular weight excluding hydrogens is 333 g/mol. The van der Waals surface area contributed by atoms with Crippen LogP contribution in [0.2, 0.25) is 0 Å². The van der Waals surface area contributed by atoms with Gasteiger partial charge in [0, 0.05) is 24.4 Å². The van der Waals surface area contributed by atoms with Crippen LogP contribution in [0.4, 0.5) is 24.5 Å². The van der Waals surface area contributed by atoms with Crippen molar-refractivity contribution in [2.24, 2.45) is 0 Å². The average Bonchev–Trinajstić information content (AvgIpc) is 2.54. The SMILES string of the molecule is CC(=O)Nc1ccc(NC(=O)C=C(c2ccccc2)C(F)(F)F)cc1. The molecule has 130 valence electrons. The van der Waals surface area contributed by atoms with Gasteiger partial charge < -0.3 is 10.6 Å². The summed E-state index contributed by atoms with van der Waals surface area (Å²) in [6.45, 7) is 1.35. The molecule has 2 aromatic carbocycles. The van der Waals surface area contributed by atoms with Crippen LogP contribution in [0, 0.1) is 0 Å². The average molecular weight is 348 g/mol. The van der Waals surface area contributed by atoms with Crippen LogP contribution in [-0.2, 0) is 9.59 Å². The van der Waals surface area contributed by atoms with Crippen LogP contribution in [0.1, 0.15) is 12.5 Å². The van der Waals surface area contributed by atoms with Gasteiger partial charge in [-0.05, 0) is 29.8 Å². The highest BCUT2D eigenvalue weighted by Gasteiger charge is 2.35. The van der Waals surface area contributed by atoms with Crippen molar-refractivity contribution in [2.45, 2.75) is 13.1 Å². The highest BCUT2D eigenvalue weighted by Crippen LogP contribution is 2.33. The lowest BCUT2D eigenvalue weighted by Gasteiger charge is -2.12. The van der Waals surface area contributed by atoms with Gasteiger partial charge in [-0.25, -0.2) is 0 Å². The molecule has 25 heavy (non-hydrogen) atoms.